The van der Waals surface area contributed by atoms with Gasteiger partial charge in [0.25, 0.3) is 0 Å². The van der Waals surface area contributed by atoms with Crippen LogP contribution in [0.5, 0.6) is 5.75 Å². The van der Waals surface area contributed by atoms with Crippen LogP contribution in [-0.2, 0) is 16.8 Å². The van der Waals surface area contributed by atoms with Crippen LogP contribution >= 0.6 is 0 Å². The van der Waals surface area contributed by atoms with Gasteiger partial charge in [-0.2, -0.15) is 0 Å². The quantitative estimate of drug-likeness (QED) is 0.516. The van der Waals surface area contributed by atoms with Gasteiger partial charge >= 0.3 is 6.03 Å². The van der Waals surface area contributed by atoms with E-state index in [4.69, 9.17) is 4.74 Å². The van der Waals surface area contributed by atoms with Crippen molar-refractivity contribution in [3.8, 4) is 5.75 Å². The Kier molecular flexibility index (Phi) is 8.67. The van der Waals surface area contributed by atoms with Crippen molar-refractivity contribution in [2.45, 2.75) is 59.1 Å². The number of benzene rings is 2. The highest BCUT2D eigenvalue weighted by Crippen LogP contribution is 2.46. The van der Waals surface area contributed by atoms with Crippen molar-refractivity contribution >= 4 is 11.9 Å². The number of methoxy groups -OCH3 is 1. The highest BCUT2D eigenvalue weighted by Gasteiger charge is 2.50. The summed E-state index contributed by atoms with van der Waals surface area (Å²) in [6, 6.07) is 14.7. The molecule has 2 aromatic rings. The molecule has 1 heterocycles. The van der Waals surface area contributed by atoms with E-state index in [0.717, 1.165) is 22.4 Å². The normalized spacial score (nSPS) is 20.1. The number of carbonyl (C=O) groups is 2. The van der Waals surface area contributed by atoms with E-state index in [-0.39, 0.29) is 17.9 Å². The largest absolute Gasteiger partial charge is 0.497 e. The molecule has 1 aliphatic rings. The summed E-state index contributed by atoms with van der Waals surface area (Å²) in [5.41, 5.74) is 1.51. The molecule has 3 N–H and O–H groups in total. The SMILES string of the molecule is COc1ccc(CCNC(=O)N[C@@H](C(=O)N2CCC(O)(c3ccc(C)cc3)C(C)(C)C2)C(C)C)cc1. The van der Waals surface area contributed by atoms with Gasteiger partial charge in [0.05, 0.1) is 12.7 Å². The number of hydrogen-bond acceptors (Lipinski definition) is 4. The van der Waals surface area contributed by atoms with Gasteiger partial charge in [0, 0.05) is 25.0 Å². The van der Waals surface area contributed by atoms with Crippen LogP contribution in [0.1, 0.15) is 50.8 Å². The second-order valence-electron chi connectivity index (χ2n) is 10.8. The molecule has 3 rings (SSSR count). The van der Waals surface area contributed by atoms with Crippen LogP contribution in [0, 0.1) is 18.3 Å². The lowest BCUT2D eigenvalue weighted by molar-refractivity contribution is -0.155. The first kappa shape index (κ1) is 27.5. The van der Waals surface area contributed by atoms with Gasteiger partial charge in [-0.15, -0.1) is 0 Å². The summed E-state index contributed by atoms with van der Waals surface area (Å²) in [6.07, 6.45) is 1.11. The zero-order valence-electron chi connectivity index (χ0n) is 22.4. The first-order valence-corrected chi connectivity index (χ1v) is 12.7. The van der Waals surface area contributed by atoms with Crippen molar-refractivity contribution in [1.29, 1.82) is 0 Å². The molecule has 7 nitrogen and oxygen atoms in total. The molecular weight excluding hydrogens is 454 g/mol. The van der Waals surface area contributed by atoms with Gasteiger partial charge in [0.15, 0.2) is 0 Å². The smallest absolute Gasteiger partial charge is 0.315 e. The standard InChI is InChI=1S/C29H41N3O4/c1-20(2)25(31-27(34)30-17-15-22-9-13-24(36-6)14-10-22)26(33)32-18-16-29(35,28(4,5)19-32)23-11-7-21(3)8-12-23/h7-14,20,25,35H,15-19H2,1-6H3,(H2,30,31,34)/t25-,29?/m1/s1. The molecule has 196 valence electrons. The molecule has 1 fully saturated rings. The molecule has 1 aliphatic heterocycles. The molecule has 1 unspecified atom stereocenters. The van der Waals surface area contributed by atoms with Crippen molar-refractivity contribution in [1.82, 2.24) is 15.5 Å². The lowest BCUT2D eigenvalue weighted by Gasteiger charge is -2.51. The second kappa shape index (κ2) is 11.3. The van der Waals surface area contributed by atoms with Crippen molar-refractivity contribution in [2.75, 3.05) is 26.7 Å². The molecule has 1 saturated heterocycles. The monoisotopic (exact) mass is 495 g/mol. The Morgan fingerprint density at radius 1 is 1.08 bits per heavy atom. The molecule has 36 heavy (non-hydrogen) atoms. The average molecular weight is 496 g/mol. The van der Waals surface area contributed by atoms with E-state index in [9.17, 15) is 14.7 Å². The van der Waals surface area contributed by atoms with Gasteiger partial charge in [0.2, 0.25) is 5.91 Å². The minimum Gasteiger partial charge on any atom is -0.497 e. The first-order valence-electron chi connectivity index (χ1n) is 12.7. The van der Waals surface area contributed by atoms with Crippen molar-refractivity contribution < 1.29 is 19.4 Å². The lowest BCUT2D eigenvalue weighted by atomic mass is 9.66. The number of nitrogens with one attached hydrogen (secondary N) is 2. The van der Waals surface area contributed by atoms with E-state index >= 15 is 0 Å². The Labute approximate surface area is 215 Å². The van der Waals surface area contributed by atoms with Crippen LogP contribution in [0.2, 0.25) is 0 Å². The number of hydrogen-bond donors (Lipinski definition) is 3. The fourth-order valence-electron chi connectivity index (χ4n) is 4.89. The number of aryl methyl sites for hydroxylation is 1. The minimum atomic E-state index is -1.03. The maximum Gasteiger partial charge on any atom is 0.315 e. The Balaban J connectivity index is 1.59. The van der Waals surface area contributed by atoms with Gasteiger partial charge in [-0.05, 0) is 48.9 Å². The predicted molar refractivity (Wildman–Crippen MR) is 142 cm³/mol. The highest BCUT2D eigenvalue weighted by atomic mass is 16.5. The summed E-state index contributed by atoms with van der Waals surface area (Å²) in [6.45, 7) is 11.2. The Morgan fingerprint density at radius 2 is 1.72 bits per heavy atom. The number of rotatable bonds is 8. The van der Waals surface area contributed by atoms with Crippen molar-refractivity contribution in [2.24, 2.45) is 11.3 Å². The Bertz CT molecular complexity index is 1030. The van der Waals surface area contributed by atoms with Crippen LogP contribution in [0.4, 0.5) is 4.79 Å². The summed E-state index contributed by atoms with van der Waals surface area (Å²) in [4.78, 5) is 27.9. The number of piperidine rings is 1. The fourth-order valence-corrected chi connectivity index (χ4v) is 4.89. The highest BCUT2D eigenvalue weighted by molar-refractivity contribution is 5.87. The predicted octanol–water partition coefficient (Wildman–Crippen LogP) is 4.02. The molecular formula is C29H41N3O4. The first-order chi connectivity index (χ1) is 17.0. The number of urea groups is 1. The summed E-state index contributed by atoms with van der Waals surface area (Å²) in [7, 11) is 1.63. The average Bonchev–Trinajstić information content (AvgIpc) is 2.84. The van der Waals surface area contributed by atoms with Crippen LogP contribution in [-0.4, -0.2) is 54.7 Å². The van der Waals surface area contributed by atoms with Gasteiger partial charge in [-0.25, -0.2) is 4.79 Å². The number of amides is 3. The zero-order chi connectivity index (χ0) is 26.5. The molecule has 0 aromatic heterocycles. The number of ether oxygens (including phenoxy) is 1. The summed E-state index contributed by atoms with van der Waals surface area (Å²) in [5, 5.41) is 17.4. The summed E-state index contributed by atoms with van der Waals surface area (Å²) < 4.78 is 5.17. The fraction of sp³-hybridized carbons (Fsp3) is 0.517. The zero-order valence-corrected chi connectivity index (χ0v) is 22.4. The third kappa shape index (κ3) is 6.19. The maximum absolute atomic E-state index is 13.5. The molecule has 3 amide bonds. The molecule has 0 radical (unpaired) electrons. The number of likely N-dealkylation sites (tertiary alicyclic amines) is 1. The molecule has 0 aliphatic carbocycles. The van der Waals surface area contributed by atoms with Crippen molar-refractivity contribution in [3.63, 3.8) is 0 Å². The van der Waals surface area contributed by atoms with Gasteiger partial charge in [0.1, 0.15) is 11.8 Å². The summed E-state index contributed by atoms with van der Waals surface area (Å²) >= 11 is 0. The van der Waals surface area contributed by atoms with Crippen LogP contribution < -0.4 is 15.4 Å². The maximum atomic E-state index is 13.5. The third-order valence-electron chi connectivity index (χ3n) is 7.37. The van der Waals surface area contributed by atoms with Crippen molar-refractivity contribution in [3.05, 3.63) is 65.2 Å². The molecule has 2 atom stereocenters. The molecule has 0 bridgehead atoms. The minimum absolute atomic E-state index is 0.0779. The van der Waals surface area contributed by atoms with E-state index in [1.807, 2.05) is 83.1 Å². The van der Waals surface area contributed by atoms with Gasteiger partial charge < -0.3 is 25.4 Å². The van der Waals surface area contributed by atoms with Crippen LogP contribution in [0.3, 0.4) is 0 Å². The van der Waals surface area contributed by atoms with E-state index in [1.54, 1.807) is 12.0 Å². The van der Waals surface area contributed by atoms with E-state index in [1.165, 1.54) is 0 Å². The molecule has 2 aromatic carbocycles. The van der Waals surface area contributed by atoms with Crippen LogP contribution in [0.15, 0.2) is 48.5 Å². The Morgan fingerprint density at radius 3 is 2.28 bits per heavy atom. The lowest BCUT2D eigenvalue weighted by Crippen LogP contribution is -2.61. The molecule has 0 spiro atoms. The number of nitrogens with zero attached hydrogens (tertiary/aromatic N) is 1. The van der Waals surface area contributed by atoms with E-state index in [2.05, 4.69) is 10.6 Å². The second-order valence-corrected chi connectivity index (χ2v) is 10.8. The van der Waals surface area contributed by atoms with E-state index in [0.29, 0.717) is 32.5 Å². The Hall–Kier alpha value is -3.06. The topological polar surface area (TPSA) is 90.9 Å². The summed E-state index contributed by atoms with van der Waals surface area (Å²) in [5.74, 6) is 0.598. The number of carbonyl (C=O) groups excluding carboxylic acids is 2. The van der Waals surface area contributed by atoms with E-state index < -0.39 is 17.1 Å². The number of aliphatic hydroxyl groups is 1. The van der Waals surface area contributed by atoms with Gasteiger partial charge in [-0.3, -0.25) is 4.79 Å². The van der Waals surface area contributed by atoms with Crippen LogP contribution in [0.25, 0.3) is 0 Å². The molecule has 0 saturated carbocycles. The third-order valence-corrected chi connectivity index (χ3v) is 7.37. The van der Waals surface area contributed by atoms with Gasteiger partial charge in [-0.1, -0.05) is 69.7 Å². The molecule has 7 heteroatoms.